The molecule has 0 fully saturated rings. The van der Waals surface area contributed by atoms with Crippen molar-refractivity contribution in [3.63, 3.8) is 0 Å². The number of aromatic nitrogens is 4. The van der Waals surface area contributed by atoms with Gasteiger partial charge < -0.3 is 17.6 Å². The Kier molecular flexibility index (Phi) is 6.11. The Hall–Kier alpha value is -6.12. The van der Waals surface area contributed by atoms with Gasteiger partial charge in [0.05, 0.1) is 27.8 Å². The second kappa shape index (κ2) is 10.5. The van der Waals surface area contributed by atoms with Gasteiger partial charge in [0.1, 0.15) is 17.1 Å². The van der Waals surface area contributed by atoms with Crippen molar-refractivity contribution in [2.24, 2.45) is 0 Å². The number of para-hydroxylation sites is 4. The van der Waals surface area contributed by atoms with Gasteiger partial charge in [-0.25, -0.2) is 14.9 Å². The number of fused-ring (bicyclic) bond motifs is 15. The van der Waals surface area contributed by atoms with Crippen molar-refractivity contribution < 1.29 is 9.15 Å². The van der Waals surface area contributed by atoms with Crippen LogP contribution in [0.5, 0.6) is 11.5 Å². The molecule has 9 aromatic rings. The van der Waals surface area contributed by atoms with E-state index in [1.807, 2.05) is 12.1 Å². The van der Waals surface area contributed by atoms with E-state index in [9.17, 15) is 0 Å². The zero-order chi connectivity index (χ0) is 36.7. The first-order chi connectivity index (χ1) is 26.0. The fraction of sp³-hybridized carbons (Fsp3) is 0.174. The van der Waals surface area contributed by atoms with Crippen LogP contribution in [0.25, 0.3) is 44.0 Å². The van der Waals surface area contributed by atoms with Gasteiger partial charge in [-0.05, 0) is 70.5 Å². The number of hydrogen-bond acceptors (Lipinski definition) is 5. The predicted molar refractivity (Wildman–Crippen MR) is 221 cm³/mol. The quantitative estimate of drug-likeness (QED) is 0.158. The lowest BCUT2D eigenvalue weighted by molar-refractivity contribution is 0.485. The number of imidazole rings is 2. The van der Waals surface area contributed by atoms with Gasteiger partial charge in [-0.15, -0.1) is 0 Å². The summed E-state index contributed by atoms with van der Waals surface area (Å²) >= 11 is 0. The summed E-state index contributed by atoms with van der Waals surface area (Å²) in [4.78, 5) is 13.6. The standard InChI is InChI=1S/C46H39N5O2Si/c1-45(2,3)28-22-24-34-32(26-28)47-43-49(36-16-13-15-31-30-14-7-8-17-37(30)53-42(31)36)44-48-33-27-29(46(4,5)6)23-25-35(33)51(44)54(50(34)43)40-20-11-9-18-38(40)52-39-19-10-12-21-41(39)54/h7-27H,1-6H3. The molecule has 0 bridgehead atoms. The fourth-order valence-corrected chi connectivity index (χ4v) is 13.8. The molecular weight excluding hydrogens is 683 g/mol. The van der Waals surface area contributed by atoms with Crippen molar-refractivity contribution >= 4 is 80.4 Å². The van der Waals surface area contributed by atoms with Gasteiger partial charge in [0.2, 0.25) is 11.9 Å². The van der Waals surface area contributed by atoms with Crippen molar-refractivity contribution in [2.75, 3.05) is 4.90 Å². The van der Waals surface area contributed by atoms with Crippen molar-refractivity contribution in [1.29, 1.82) is 0 Å². The van der Waals surface area contributed by atoms with Crippen LogP contribution in [0, 0.1) is 0 Å². The molecule has 8 heteroatoms. The minimum Gasteiger partial charge on any atom is -0.457 e. The van der Waals surface area contributed by atoms with Crippen LogP contribution in [-0.2, 0) is 10.8 Å². The van der Waals surface area contributed by atoms with Crippen LogP contribution < -0.4 is 20.0 Å². The van der Waals surface area contributed by atoms with Crippen LogP contribution in [0.15, 0.2) is 132 Å². The summed E-state index contributed by atoms with van der Waals surface area (Å²) in [6.45, 7) is 13.5. The van der Waals surface area contributed by atoms with E-state index < -0.39 is 8.40 Å². The number of ether oxygens (including phenoxy) is 1. The zero-order valence-corrected chi connectivity index (χ0v) is 32.2. The minimum absolute atomic E-state index is 0.0569. The van der Waals surface area contributed by atoms with Crippen LogP contribution in [0.1, 0.15) is 52.7 Å². The number of hydrogen-bond donors (Lipinski definition) is 0. The zero-order valence-electron chi connectivity index (χ0n) is 31.2. The van der Waals surface area contributed by atoms with Crippen LogP contribution in [-0.4, -0.2) is 26.8 Å². The molecule has 0 saturated heterocycles. The van der Waals surface area contributed by atoms with Crippen LogP contribution >= 0.6 is 0 Å². The SMILES string of the molecule is CC(C)(C)c1ccc2c(c1)nc1n2[Si]2(c3ccccc3Oc3ccccc32)n2c(nc3cc(C(C)(C)C)ccc32)N1c1cccc2c1oc1ccccc12. The molecule has 7 nitrogen and oxygen atoms in total. The third-order valence-electron chi connectivity index (χ3n) is 11.4. The second-order valence-corrected chi connectivity index (χ2v) is 20.1. The summed E-state index contributed by atoms with van der Waals surface area (Å²) in [5, 5.41) is 4.42. The summed E-state index contributed by atoms with van der Waals surface area (Å²) in [5.41, 5.74) is 8.91. The van der Waals surface area contributed by atoms with Gasteiger partial charge in [-0.3, -0.25) is 0 Å². The Labute approximate surface area is 314 Å². The highest BCUT2D eigenvalue weighted by Gasteiger charge is 2.57. The number of benzene rings is 6. The maximum absolute atomic E-state index is 6.78. The minimum atomic E-state index is -3.37. The van der Waals surface area contributed by atoms with Gasteiger partial charge in [0.25, 0.3) is 0 Å². The average Bonchev–Trinajstić information content (AvgIpc) is 3.86. The van der Waals surface area contributed by atoms with E-state index in [2.05, 4.69) is 170 Å². The lowest BCUT2D eigenvalue weighted by Crippen LogP contribution is -2.73. The smallest absolute Gasteiger partial charge is 0.352 e. The first kappa shape index (κ1) is 31.4. The summed E-state index contributed by atoms with van der Waals surface area (Å²) in [5.74, 6) is 3.32. The fourth-order valence-electron chi connectivity index (χ4n) is 8.75. The van der Waals surface area contributed by atoms with E-state index in [-0.39, 0.29) is 10.8 Å². The van der Waals surface area contributed by atoms with Gasteiger partial charge in [0, 0.05) is 21.1 Å². The van der Waals surface area contributed by atoms with E-state index in [1.165, 1.54) is 11.1 Å². The molecule has 0 aliphatic carbocycles. The summed E-state index contributed by atoms with van der Waals surface area (Å²) in [6, 6.07) is 45.5. The highest BCUT2D eigenvalue weighted by Crippen LogP contribution is 2.49. The molecule has 0 N–H and O–H groups in total. The average molecular weight is 722 g/mol. The Morgan fingerprint density at radius 3 is 1.63 bits per heavy atom. The lowest BCUT2D eigenvalue weighted by Gasteiger charge is -2.46. The summed E-state index contributed by atoms with van der Waals surface area (Å²) in [7, 11) is -3.37. The Bertz CT molecular complexity index is 2880. The topological polar surface area (TPSA) is 61.3 Å². The Balaban J connectivity index is 1.36. The molecular formula is C46H39N5O2Si. The van der Waals surface area contributed by atoms with Gasteiger partial charge >= 0.3 is 8.40 Å². The largest absolute Gasteiger partial charge is 0.457 e. The van der Waals surface area contributed by atoms with Gasteiger partial charge in [-0.1, -0.05) is 120 Å². The van der Waals surface area contributed by atoms with E-state index >= 15 is 0 Å². The van der Waals surface area contributed by atoms with E-state index in [0.717, 1.165) is 83.5 Å². The molecule has 5 heterocycles. The number of nitrogens with zero attached hydrogens (tertiary/aromatic N) is 5. The highest BCUT2D eigenvalue weighted by atomic mass is 28.3. The van der Waals surface area contributed by atoms with Crippen molar-refractivity contribution in [1.82, 2.24) is 18.4 Å². The van der Waals surface area contributed by atoms with Gasteiger partial charge in [0.15, 0.2) is 5.58 Å². The normalized spacial score (nSPS) is 14.7. The maximum Gasteiger partial charge on any atom is 0.352 e. The molecule has 0 amide bonds. The first-order valence-corrected chi connectivity index (χ1v) is 20.6. The number of furan rings is 1. The van der Waals surface area contributed by atoms with E-state index in [1.54, 1.807) is 0 Å². The van der Waals surface area contributed by atoms with Crippen LogP contribution in [0.4, 0.5) is 17.6 Å². The molecule has 11 rings (SSSR count). The van der Waals surface area contributed by atoms with E-state index in [0.29, 0.717) is 0 Å². The number of rotatable bonds is 1. The third-order valence-corrected chi connectivity index (χ3v) is 15.9. The third kappa shape index (κ3) is 4.06. The monoisotopic (exact) mass is 721 g/mol. The molecule has 1 spiro atoms. The van der Waals surface area contributed by atoms with Crippen molar-refractivity contribution in [2.45, 2.75) is 52.4 Å². The predicted octanol–water partition coefficient (Wildman–Crippen LogP) is 10.4. The van der Waals surface area contributed by atoms with Crippen molar-refractivity contribution in [3.05, 3.63) is 139 Å². The van der Waals surface area contributed by atoms with Crippen molar-refractivity contribution in [3.8, 4) is 11.5 Å². The molecule has 0 atom stereocenters. The Morgan fingerprint density at radius 2 is 1.06 bits per heavy atom. The first-order valence-electron chi connectivity index (χ1n) is 18.7. The molecule has 6 aromatic carbocycles. The molecule has 54 heavy (non-hydrogen) atoms. The molecule has 2 aliphatic rings. The highest BCUT2D eigenvalue weighted by molar-refractivity contribution is 7.02. The Morgan fingerprint density at radius 1 is 0.537 bits per heavy atom. The summed E-state index contributed by atoms with van der Waals surface area (Å²) < 4.78 is 18.7. The molecule has 2 aliphatic heterocycles. The molecule has 0 saturated carbocycles. The second-order valence-electron chi connectivity index (χ2n) is 16.8. The number of anilines is 3. The summed E-state index contributed by atoms with van der Waals surface area (Å²) in [6.07, 6.45) is 0. The molecule has 264 valence electrons. The van der Waals surface area contributed by atoms with Crippen LogP contribution in [0.3, 0.4) is 0 Å². The maximum atomic E-state index is 6.78. The molecule has 0 unspecified atom stereocenters. The van der Waals surface area contributed by atoms with Gasteiger partial charge in [-0.2, -0.15) is 0 Å². The molecule has 3 aromatic heterocycles. The lowest BCUT2D eigenvalue weighted by atomic mass is 9.87. The van der Waals surface area contributed by atoms with E-state index in [4.69, 9.17) is 19.1 Å². The van der Waals surface area contributed by atoms with Crippen LogP contribution in [0.2, 0.25) is 0 Å². The molecule has 0 radical (unpaired) electrons.